The number of nitrogens with zero attached hydrogens (tertiary/aromatic N) is 2. The third kappa shape index (κ3) is 3.55. The first-order valence-electron chi connectivity index (χ1n) is 8.25. The molecule has 2 aromatic carbocycles. The van der Waals surface area contributed by atoms with E-state index in [9.17, 15) is 4.79 Å². The van der Waals surface area contributed by atoms with E-state index >= 15 is 0 Å². The highest BCUT2D eigenvalue weighted by Gasteiger charge is 2.29. The van der Waals surface area contributed by atoms with Gasteiger partial charge < -0.3 is 14.1 Å². The predicted molar refractivity (Wildman–Crippen MR) is 96.4 cm³/mol. The van der Waals surface area contributed by atoms with Gasteiger partial charge in [0.25, 0.3) is 5.22 Å². The molecule has 2 heterocycles. The Kier molecular flexibility index (Phi) is 4.72. The second-order valence-electron chi connectivity index (χ2n) is 5.79. The van der Waals surface area contributed by atoms with Gasteiger partial charge in [0.15, 0.2) is 5.58 Å². The fraction of sp³-hybridized carbons (Fsp3) is 0.263. The lowest BCUT2D eigenvalue weighted by atomic mass is 10.1. The van der Waals surface area contributed by atoms with Crippen molar-refractivity contribution < 1.29 is 13.9 Å². The lowest BCUT2D eigenvalue weighted by molar-refractivity contribution is -0.134. The number of rotatable bonds is 4. The van der Waals surface area contributed by atoms with Gasteiger partial charge in [-0.2, -0.15) is 0 Å². The molecule has 0 N–H and O–H groups in total. The molecule has 0 saturated carbocycles. The summed E-state index contributed by atoms with van der Waals surface area (Å²) in [5.74, 6) is 0.0711. The minimum absolute atomic E-state index is 0.0711. The number of thioether (sulfide) groups is 1. The van der Waals surface area contributed by atoms with E-state index in [-0.39, 0.29) is 11.2 Å². The van der Waals surface area contributed by atoms with Gasteiger partial charge in [0.2, 0.25) is 5.91 Å². The summed E-state index contributed by atoms with van der Waals surface area (Å²) >= 11 is 1.36. The maximum atomic E-state index is 13.1. The Bertz CT molecular complexity index is 826. The molecule has 1 fully saturated rings. The van der Waals surface area contributed by atoms with Crippen LogP contribution in [0.5, 0.6) is 0 Å². The maximum Gasteiger partial charge on any atom is 0.257 e. The number of oxazole rings is 1. The number of carbonyl (C=O) groups excluding carboxylic acids is 1. The first-order chi connectivity index (χ1) is 12.3. The summed E-state index contributed by atoms with van der Waals surface area (Å²) in [6, 6.07) is 17.4. The highest BCUT2D eigenvalue weighted by molar-refractivity contribution is 8.00. The normalized spacial score (nSPS) is 16.1. The molecular weight excluding hydrogens is 336 g/mol. The van der Waals surface area contributed by atoms with Gasteiger partial charge in [-0.15, -0.1) is 0 Å². The predicted octanol–water partition coefficient (Wildman–Crippen LogP) is 3.52. The van der Waals surface area contributed by atoms with Crippen molar-refractivity contribution in [3.8, 4) is 0 Å². The highest BCUT2D eigenvalue weighted by Crippen LogP contribution is 2.37. The Balaban J connectivity index is 1.63. The minimum Gasteiger partial charge on any atom is -0.431 e. The average molecular weight is 354 g/mol. The molecular formula is C19H18N2O3S. The zero-order chi connectivity index (χ0) is 17.1. The van der Waals surface area contributed by atoms with Gasteiger partial charge in [0.05, 0.1) is 13.2 Å². The van der Waals surface area contributed by atoms with Crippen LogP contribution in [0.25, 0.3) is 11.1 Å². The summed E-state index contributed by atoms with van der Waals surface area (Å²) in [6.45, 7) is 2.41. The molecule has 0 radical (unpaired) electrons. The van der Waals surface area contributed by atoms with Crippen LogP contribution >= 0.6 is 11.8 Å². The van der Waals surface area contributed by atoms with Crippen LogP contribution in [0.2, 0.25) is 0 Å². The molecule has 0 unspecified atom stereocenters. The topological polar surface area (TPSA) is 55.6 Å². The molecule has 128 valence electrons. The van der Waals surface area contributed by atoms with E-state index in [0.29, 0.717) is 31.5 Å². The number of fused-ring (bicyclic) bond motifs is 1. The summed E-state index contributed by atoms with van der Waals surface area (Å²) in [7, 11) is 0. The van der Waals surface area contributed by atoms with E-state index in [0.717, 1.165) is 16.7 Å². The van der Waals surface area contributed by atoms with Crippen LogP contribution in [0.3, 0.4) is 0 Å². The summed E-state index contributed by atoms with van der Waals surface area (Å²) in [5.41, 5.74) is 2.48. The first kappa shape index (κ1) is 16.2. The van der Waals surface area contributed by atoms with E-state index in [4.69, 9.17) is 9.15 Å². The van der Waals surface area contributed by atoms with Crippen LogP contribution in [0.4, 0.5) is 0 Å². The Morgan fingerprint density at radius 2 is 1.76 bits per heavy atom. The molecule has 1 amide bonds. The lowest BCUT2D eigenvalue weighted by Gasteiger charge is -2.30. The Hall–Kier alpha value is -2.31. The fourth-order valence-corrected chi connectivity index (χ4v) is 3.87. The minimum atomic E-state index is -0.382. The highest BCUT2D eigenvalue weighted by atomic mass is 32.2. The second kappa shape index (κ2) is 7.29. The van der Waals surface area contributed by atoms with Crippen LogP contribution in [0.1, 0.15) is 10.8 Å². The monoisotopic (exact) mass is 354 g/mol. The fourth-order valence-electron chi connectivity index (χ4n) is 2.84. The van der Waals surface area contributed by atoms with Gasteiger partial charge >= 0.3 is 0 Å². The molecule has 1 aliphatic heterocycles. The second-order valence-corrected chi connectivity index (χ2v) is 6.85. The van der Waals surface area contributed by atoms with Crippen molar-refractivity contribution in [3.05, 3.63) is 60.2 Å². The van der Waals surface area contributed by atoms with Gasteiger partial charge in [0.1, 0.15) is 10.8 Å². The first-order valence-corrected chi connectivity index (χ1v) is 9.13. The zero-order valence-corrected chi connectivity index (χ0v) is 14.4. The van der Waals surface area contributed by atoms with E-state index in [1.807, 2.05) is 59.5 Å². The number of hydrogen-bond donors (Lipinski definition) is 0. The molecule has 1 saturated heterocycles. The van der Waals surface area contributed by atoms with Crippen LogP contribution in [-0.2, 0) is 9.53 Å². The van der Waals surface area contributed by atoms with Crippen molar-refractivity contribution in [3.63, 3.8) is 0 Å². The molecule has 1 atom stereocenters. The van der Waals surface area contributed by atoms with E-state index in [1.54, 1.807) is 0 Å². The van der Waals surface area contributed by atoms with Gasteiger partial charge in [-0.05, 0) is 29.5 Å². The van der Waals surface area contributed by atoms with Crippen molar-refractivity contribution in [2.24, 2.45) is 0 Å². The van der Waals surface area contributed by atoms with E-state index in [1.165, 1.54) is 11.8 Å². The number of morpholine rings is 1. The number of aromatic nitrogens is 1. The number of para-hydroxylation sites is 2. The van der Waals surface area contributed by atoms with Crippen molar-refractivity contribution >= 4 is 28.8 Å². The van der Waals surface area contributed by atoms with Crippen LogP contribution in [-0.4, -0.2) is 42.1 Å². The Morgan fingerprint density at radius 1 is 1.04 bits per heavy atom. The van der Waals surface area contributed by atoms with Crippen LogP contribution < -0.4 is 0 Å². The number of hydrogen-bond acceptors (Lipinski definition) is 5. The SMILES string of the molecule is O=C([C@@H](Sc1nc2ccccc2o1)c1ccccc1)N1CCOCC1. The maximum absolute atomic E-state index is 13.1. The molecule has 1 aromatic heterocycles. The summed E-state index contributed by atoms with van der Waals surface area (Å²) < 4.78 is 11.2. The summed E-state index contributed by atoms with van der Waals surface area (Å²) in [6.07, 6.45) is 0. The van der Waals surface area contributed by atoms with E-state index < -0.39 is 0 Å². The van der Waals surface area contributed by atoms with Gasteiger partial charge in [-0.25, -0.2) is 4.98 Å². The number of carbonyl (C=O) groups is 1. The Morgan fingerprint density at radius 3 is 2.52 bits per heavy atom. The van der Waals surface area contributed by atoms with E-state index in [2.05, 4.69) is 4.98 Å². The third-order valence-corrected chi connectivity index (χ3v) is 5.23. The molecule has 0 spiro atoms. The smallest absolute Gasteiger partial charge is 0.257 e. The molecule has 4 rings (SSSR count). The molecule has 0 aliphatic carbocycles. The Labute approximate surface area is 150 Å². The molecule has 6 heteroatoms. The van der Waals surface area contributed by atoms with Crippen LogP contribution in [0.15, 0.2) is 64.2 Å². The largest absolute Gasteiger partial charge is 0.431 e. The summed E-state index contributed by atoms with van der Waals surface area (Å²) in [5, 5.41) is 0.129. The average Bonchev–Trinajstić information content (AvgIpc) is 3.09. The van der Waals surface area contributed by atoms with Gasteiger partial charge in [0, 0.05) is 13.1 Å². The van der Waals surface area contributed by atoms with Crippen LogP contribution in [0, 0.1) is 0 Å². The van der Waals surface area contributed by atoms with Gasteiger partial charge in [-0.3, -0.25) is 4.79 Å². The van der Waals surface area contributed by atoms with Crippen molar-refractivity contribution in [2.75, 3.05) is 26.3 Å². The molecule has 5 nitrogen and oxygen atoms in total. The summed E-state index contributed by atoms with van der Waals surface area (Å²) in [4.78, 5) is 19.5. The molecule has 25 heavy (non-hydrogen) atoms. The van der Waals surface area contributed by atoms with Crippen molar-refractivity contribution in [2.45, 2.75) is 10.5 Å². The quantitative estimate of drug-likeness (QED) is 0.671. The number of ether oxygens (including phenoxy) is 1. The molecule has 3 aromatic rings. The molecule has 0 bridgehead atoms. The molecule has 1 aliphatic rings. The van der Waals surface area contributed by atoms with Crippen molar-refractivity contribution in [1.29, 1.82) is 0 Å². The lowest BCUT2D eigenvalue weighted by Crippen LogP contribution is -2.42. The third-order valence-electron chi connectivity index (χ3n) is 4.14. The van der Waals surface area contributed by atoms with Gasteiger partial charge in [-0.1, -0.05) is 42.5 Å². The zero-order valence-electron chi connectivity index (χ0n) is 13.6. The number of benzene rings is 2. The van der Waals surface area contributed by atoms with Crippen molar-refractivity contribution in [1.82, 2.24) is 9.88 Å². The number of amides is 1. The standard InChI is InChI=1S/C19H18N2O3S/c22-18(21-10-12-23-13-11-21)17(14-6-2-1-3-7-14)25-19-20-15-8-4-5-9-16(15)24-19/h1-9,17H,10-13H2/t17-/m0/s1.